The van der Waals surface area contributed by atoms with E-state index in [2.05, 4.69) is 10.6 Å². The molecule has 9 heteroatoms. The van der Waals surface area contributed by atoms with E-state index in [1.807, 2.05) is 42.5 Å². The maximum Gasteiger partial charge on any atom is 0.338 e. The maximum atomic E-state index is 12.9. The second-order valence-corrected chi connectivity index (χ2v) is 8.86. The normalized spacial score (nSPS) is 15.2. The molecule has 6 nitrogen and oxygen atoms in total. The molecule has 0 amide bonds. The zero-order chi connectivity index (χ0) is 24.9. The molecule has 2 N–H and O–H groups in total. The largest absolute Gasteiger partial charge is 0.493 e. The van der Waals surface area contributed by atoms with Crippen molar-refractivity contribution in [1.29, 1.82) is 0 Å². The lowest BCUT2D eigenvalue weighted by molar-refractivity contribution is -0.136. The Morgan fingerprint density at radius 3 is 2.43 bits per heavy atom. The minimum Gasteiger partial charge on any atom is -0.493 e. The molecule has 1 heterocycles. The van der Waals surface area contributed by atoms with Crippen LogP contribution in [0.5, 0.6) is 11.5 Å². The number of thiocarbonyl (C=S) groups is 1. The first-order valence-corrected chi connectivity index (χ1v) is 11.8. The van der Waals surface area contributed by atoms with E-state index in [1.54, 1.807) is 31.4 Å². The standard InChI is InChI=1S/C26H22Cl2N2O4S/c1-32-21-13-16(9-12-20(21)34-14-17-5-3-4-6-19(17)28)24-22(25(31)33-2)23(29-26(35)30-24)15-7-10-18(27)11-8-15/h3-13,24H,14H2,1-2H3,(H2,29,30,35)/t24-/m0/s1. The Morgan fingerprint density at radius 2 is 1.74 bits per heavy atom. The predicted molar refractivity (Wildman–Crippen MR) is 141 cm³/mol. The van der Waals surface area contributed by atoms with Gasteiger partial charge in [0.1, 0.15) is 6.61 Å². The van der Waals surface area contributed by atoms with Crippen LogP contribution < -0.4 is 20.1 Å². The van der Waals surface area contributed by atoms with Crippen molar-refractivity contribution < 1.29 is 19.0 Å². The fourth-order valence-corrected chi connectivity index (χ4v) is 4.28. The first kappa shape index (κ1) is 24.9. The Morgan fingerprint density at radius 1 is 1.00 bits per heavy atom. The van der Waals surface area contributed by atoms with Crippen molar-refractivity contribution in [3.63, 3.8) is 0 Å². The van der Waals surface area contributed by atoms with Crippen molar-refractivity contribution in [3.05, 3.63) is 99.0 Å². The Balaban J connectivity index is 1.71. The fourth-order valence-electron chi connectivity index (χ4n) is 3.74. The number of methoxy groups -OCH3 is 2. The molecular formula is C26H22Cl2N2O4S. The summed E-state index contributed by atoms with van der Waals surface area (Å²) < 4.78 is 16.7. The quantitative estimate of drug-likeness (QED) is 0.301. The van der Waals surface area contributed by atoms with Crippen molar-refractivity contribution in [2.75, 3.05) is 14.2 Å². The van der Waals surface area contributed by atoms with Crippen LogP contribution in [0.1, 0.15) is 22.7 Å². The van der Waals surface area contributed by atoms with E-state index in [-0.39, 0.29) is 6.61 Å². The molecule has 0 aliphatic carbocycles. The molecule has 1 atom stereocenters. The Bertz CT molecular complexity index is 1290. The number of carbonyl (C=O) groups excluding carboxylic acids is 1. The molecule has 180 valence electrons. The van der Waals surface area contributed by atoms with E-state index in [0.29, 0.717) is 37.9 Å². The summed E-state index contributed by atoms with van der Waals surface area (Å²) in [6.07, 6.45) is 0. The van der Waals surface area contributed by atoms with Gasteiger partial charge in [-0.1, -0.05) is 59.6 Å². The number of halogens is 2. The van der Waals surface area contributed by atoms with Crippen LogP contribution in [0.25, 0.3) is 5.70 Å². The average molecular weight is 529 g/mol. The van der Waals surface area contributed by atoms with Crippen LogP contribution in [0.3, 0.4) is 0 Å². The van der Waals surface area contributed by atoms with Gasteiger partial charge in [0.05, 0.1) is 31.5 Å². The summed E-state index contributed by atoms with van der Waals surface area (Å²) in [5.41, 5.74) is 3.25. The van der Waals surface area contributed by atoms with Gasteiger partial charge < -0.3 is 24.8 Å². The monoisotopic (exact) mass is 528 g/mol. The van der Waals surface area contributed by atoms with Gasteiger partial charge >= 0.3 is 5.97 Å². The van der Waals surface area contributed by atoms with Gasteiger partial charge in [-0.15, -0.1) is 0 Å². The molecule has 0 spiro atoms. The first-order chi connectivity index (χ1) is 16.9. The molecule has 3 aromatic carbocycles. The van der Waals surface area contributed by atoms with Gasteiger partial charge in [-0.25, -0.2) is 4.79 Å². The summed E-state index contributed by atoms with van der Waals surface area (Å²) in [6.45, 7) is 0.277. The number of carbonyl (C=O) groups is 1. The molecule has 0 bridgehead atoms. The highest BCUT2D eigenvalue weighted by Crippen LogP contribution is 2.37. The number of esters is 1. The van der Waals surface area contributed by atoms with Gasteiger partial charge in [0.15, 0.2) is 16.6 Å². The highest BCUT2D eigenvalue weighted by Gasteiger charge is 2.33. The van der Waals surface area contributed by atoms with Crippen LogP contribution in [0.4, 0.5) is 0 Å². The van der Waals surface area contributed by atoms with Gasteiger partial charge in [0.2, 0.25) is 0 Å². The SMILES string of the molecule is COC(=O)C1=C(c2ccc(Cl)cc2)NC(=S)N[C@H]1c1ccc(OCc2ccccc2Cl)c(OC)c1. The molecule has 0 unspecified atom stereocenters. The zero-order valence-electron chi connectivity index (χ0n) is 18.9. The van der Waals surface area contributed by atoms with Crippen LogP contribution in [0.2, 0.25) is 10.0 Å². The Labute approximate surface area is 218 Å². The summed E-state index contributed by atoms with van der Waals surface area (Å²) in [4.78, 5) is 12.9. The van der Waals surface area contributed by atoms with Crippen molar-refractivity contribution in [2.45, 2.75) is 12.6 Å². The van der Waals surface area contributed by atoms with Crippen molar-refractivity contribution in [1.82, 2.24) is 10.6 Å². The summed E-state index contributed by atoms with van der Waals surface area (Å²) in [6, 6.07) is 19.4. The number of ether oxygens (including phenoxy) is 3. The van der Waals surface area contributed by atoms with E-state index in [9.17, 15) is 4.79 Å². The third-order valence-electron chi connectivity index (χ3n) is 5.47. The summed E-state index contributed by atoms with van der Waals surface area (Å²) >= 11 is 17.7. The summed E-state index contributed by atoms with van der Waals surface area (Å²) in [5.74, 6) is 0.535. The van der Waals surface area contributed by atoms with E-state index in [1.165, 1.54) is 7.11 Å². The topological polar surface area (TPSA) is 68.8 Å². The molecule has 35 heavy (non-hydrogen) atoms. The molecule has 1 aliphatic heterocycles. The minimum absolute atomic E-state index is 0.277. The number of hydrogen-bond donors (Lipinski definition) is 2. The van der Waals surface area contributed by atoms with Crippen molar-refractivity contribution in [3.8, 4) is 11.5 Å². The van der Waals surface area contributed by atoms with Gasteiger partial charge in [-0.05, 0) is 53.7 Å². The average Bonchev–Trinajstić information content (AvgIpc) is 2.87. The number of benzene rings is 3. The second-order valence-electron chi connectivity index (χ2n) is 7.61. The molecule has 0 aromatic heterocycles. The van der Waals surface area contributed by atoms with E-state index < -0.39 is 12.0 Å². The molecule has 1 aliphatic rings. The highest BCUT2D eigenvalue weighted by atomic mass is 35.5. The van der Waals surface area contributed by atoms with Crippen molar-refractivity contribution in [2.24, 2.45) is 0 Å². The van der Waals surface area contributed by atoms with Crippen molar-refractivity contribution >= 4 is 52.2 Å². The molecule has 3 aromatic rings. The third kappa shape index (κ3) is 5.53. The maximum absolute atomic E-state index is 12.9. The lowest BCUT2D eigenvalue weighted by Crippen LogP contribution is -2.45. The molecule has 4 rings (SSSR count). The predicted octanol–water partition coefficient (Wildman–Crippen LogP) is 5.68. The lowest BCUT2D eigenvalue weighted by atomic mass is 9.92. The van der Waals surface area contributed by atoms with Gasteiger partial charge in [0, 0.05) is 15.6 Å². The van der Waals surface area contributed by atoms with E-state index in [4.69, 9.17) is 49.6 Å². The summed E-state index contributed by atoms with van der Waals surface area (Å²) in [5, 5.41) is 7.83. The number of nitrogens with one attached hydrogen (secondary N) is 2. The van der Waals surface area contributed by atoms with E-state index >= 15 is 0 Å². The molecule has 0 saturated carbocycles. The van der Waals surface area contributed by atoms with Gasteiger partial charge in [-0.3, -0.25) is 0 Å². The molecule has 0 fully saturated rings. The highest BCUT2D eigenvalue weighted by molar-refractivity contribution is 7.80. The first-order valence-electron chi connectivity index (χ1n) is 10.6. The van der Waals surface area contributed by atoms with Crippen LogP contribution in [-0.2, 0) is 16.1 Å². The smallest absolute Gasteiger partial charge is 0.338 e. The Hall–Kier alpha value is -3.26. The van der Waals surface area contributed by atoms with Crippen LogP contribution in [-0.4, -0.2) is 25.3 Å². The van der Waals surface area contributed by atoms with E-state index in [0.717, 1.165) is 16.7 Å². The minimum atomic E-state index is -0.589. The van der Waals surface area contributed by atoms with Gasteiger partial charge in [0.25, 0.3) is 0 Å². The fraction of sp³-hybridized carbons (Fsp3) is 0.154. The molecule has 0 saturated heterocycles. The van der Waals surface area contributed by atoms with Crippen LogP contribution in [0, 0.1) is 0 Å². The lowest BCUT2D eigenvalue weighted by Gasteiger charge is -2.31. The van der Waals surface area contributed by atoms with Crippen LogP contribution >= 0.6 is 35.4 Å². The summed E-state index contributed by atoms with van der Waals surface area (Å²) in [7, 11) is 2.89. The number of rotatable bonds is 7. The number of hydrogen-bond acceptors (Lipinski definition) is 5. The zero-order valence-corrected chi connectivity index (χ0v) is 21.3. The second kappa shape index (κ2) is 11.0. The Kier molecular flexibility index (Phi) is 7.80. The van der Waals surface area contributed by atoms with Crippen LogP contribution in [0.15, 0.2) is 72.3 Å². The molecule has 0 radical (unpaired) electrons. The van der Waals surface area contributed by atoms with Gasteiger partial charge in [-0.2, -0.15) is 0 Å². The molecular weight excluding hydrogens is 507 g/mol. The third-order valence-corrected chi connectivity index (χ3v) is 6.31.